The minimum atomic E-state index is 0. The van der Waals surface area contributed by atoms with Crippen molar-refractivity contribution < 1.29 is 9.47 Å². The van der Waals surface area contributed by atoms with Gasteiger partial charge in [-0.1, -0.05) is 12.1 Å². The van der Waals surface area contributed by atoms with Crippen molar-refractivity contribution >= 4 is 24.8 Å². The molecule has 1 aliphatic heterocycles. The molecular formula is C19H32Cl2N2O2. The normalized spacial score (nSPS) is 27.0. The maximum absolute atomic E-state index is 6.02. The molecule has 2 fully saturated rings. The van der Waals surface area contributed by atoms with Crippen LogP contribution in [-0.2, 0) is 11.2 Å². The number of morpholine rings is 1. The topological polar surface area (TPSA) is 47.7 Å². The summed E-state index contributed by atoms with van der Waals surface area (Å²) in [5.41, 5.74) is 7.34. The van der Waals surface area contributed by atoms with Crippen molar-refractivity contribution in [2.24, 2.45) is 11.7 Å². The van der Waals surface area contributed by atoms with Gasteiger partial charge in [-0.2, -0.15) is 0 Å². The van der Waals surface area contributed by atoms with Crippen molar-refractivity contribution in [3.8, 4) is 5.75 Å². The Morgan fingerprint density at radius 1 is 1.12 bits per heavy atom. The average Bonchev–Trinajstić information content (AvgIpc) is 2.58. The summed E-state index contributed by atoms with van der Waals surface area (Å²) in [6, 6.07) is 8.79. The molecule has 6 heteroatoms. The molecule has 4 nitrogen and oxygen atoms in total. The molecular weight excluding hydrogens is 359 g/mol. The fourth-order valence-electron chi connectivity index (χ4n) is 3.83. The highest BCUT2D eigenvalue weighted by atomic mass is 35.5. The van der Waals surface area contributed by atoms with E-state index in [0.29, 0.717) is 12.1 Å². The van der Waals surface area contributed by atoms with Gasteiger partial charge in [0.15, 0.2) is 0 Å². The highest BCUT2D eigenvalue weighted by Crippen LogP contribution is 2.25. The molecule has 0 radical (unpaired) electrons. The van der Waals surface area contributed by atoms with Crippen molar-refractivity contribution in [1.29, 1.82) is 0 Å². The minimum absolute atomic E-state index is 0. The quantitative estimate of drug-likeness (QED) is 0.837. The molecule has 1 aromatic carbocycles. The van der Waals surface area contributed by atoms with Crippen molar-refractivity contribution in [2.75, 3.05) is 33.4 Å². The third kappa shape index (κ3) is 6.95. The van der Waals surface area contributed by atoms with Gasteiger partial charge in [-0.3, -0.25) is 4.90 Å². The number of halogens is 2. The van der Waals surface area contributed by atoms with Crippen LogP contribution in [0.1, 0.15) is 31.2 Å². The Hall–Kier alpha value is -0.520. The fourth-order valence-corrected chi connectivity index (χ4v) is 3.83. The van der Waals surface area contributed by atoms with Crippen LogP contribution in [0, 0.1) is 5.92 Å². The van der Waals surface area contributed by atoms with Crippen LogP contribution in [0.4, 0.5) is 0 Å². The molecule has 3 rings (SSSR count). The first-order chi connectivity index (χ1) is 11.2. The monoisotopic (exact) mass is 390 g/mol. The summed E-state index contributed by atoms with van der Waals surface area (Å²) in [6.45, 7) is 4.19. The van der Waals surface area contributed by atoms with E-state index in [0.717, 1.165) is 37.8 Å². The van der Waals surface area contributed by atoms with Crippen molar-refractivity contribution in [1.82, 2.24) is 4.90 Å². The van der Waals surface area contributed by atoms with Crippen LogP contribution < -0.4 is 10.5 Å². The van der Waals surface area contributed by atoms with Gasteiger partial charge < -0.3 is 15.2 Å². The van der Waals surface area contributed by atoms with Gasteiger partial charge in [-0.25, -0.2) is 0 Å². The number of ether oxygens (including phenoxy) is 2. The Morgan fingerprint density at radius 3 is 2.44 bits per heavy atom. The molecule has 1 heterocycles. The van der Waals surface area contributed by atoms with Gasteiger partial charge in [0.2, 0.25) is 0 Å². The summed E-state index contributed by atoms with van der Waals surface area (Å²) in [5.74, 6) is 1.74. The zero-order valence-corrected chi connectivity index (χ0v) is 16.7. The molecule has 0 aromatic heterocycles. The van der Waals surface area contributed by atoms with E-state index in [1.54, 1.807) is 7.11 Å². The molecule has 1 aliphatic carbocycles. The van der Waals surface area contributed by atoms with Gasteiger partial charge in [-0.15, -0.1) is 24.8 Å². The number of methoxy groups -OCH3 is 1. The van der Waals surface area contributed by atoms with Crippen LogP contribution in [0.3, 0.4) is 0 Å². The third-order valence-corrected chi connectivity index (χ3v) is 5.25. The Bertz CT molecular complexity index is 479. The van der Waals surface area contributed by atoms with E-state index < -0.39 is 0 Å². The fraction of sp³-hybridized carbons (Fsp3) is 0.684. The van der Waals surface area contributed by atoms with Crippen LogP contribution >= 0.6 is 24.8 Å². The van der Waals surface area contributed by atoms with Crippen molar-refractivity contribution in [3.63, 3.8) is 0 Å². The zero-order chi connectivity index (χ0) is 16.1. The largest absolute Gasteiger partial charge is 0.497 e. The number of nitrogens with two attached hydrogens (primary N) is 1. The van der Waals surface area contributed by atoms with Crippen LogP contribution in [0.2, 0.25) is 0 Å². The average molecular weight is 391 g/mol. The lowest BCUT2D eigenvalue weighted by Crippen LogP contribution is -2.46. The van der Waals surface area contributed by atoms with Crippen LogP contribution in [0.5, 0.6) is 5.75 Å². The van der Waals surface area contributed by atoms with Crippen LogP contribution in [0.15, 0.2) is 24.3 Å². The molecule has 1 saturated carbocycles. The summed E-state index contributed by atoms with van der Waals surface area (Å²) >= 11 is 0. The molecule has 25 heavy (non-hydrogen) atoms. The molecule has 0 amide bonds. The lowest BCUT2D eigenvalue weighted by Gasteiger charge is -2.37. The van der Waals surface area contributed by atoms with Gasteiger partial charge in [-0.05, 0) is 55.7 Å². The summed E-state index contributed by atoms with van der Waals surface area (Å²) in [4.78, 5) is 2.60. The number of hydrogen-bond acceptors (Lipinski definition) is 4. The maximum Gasteiger partial charge on any atom is 0.118 e. The summed E-state index contributed by atoms with van der Waals surface area (Å²) in [5, 5.41) is 0. The SMILES string of the molecule is COc1ccc(CC2CN(CC3CCC(N)CC3)CCO2)cc1.Cl.Cl. The molecule has 0 spiro atoms. The predicted octanol–water partition coefficient (Wildman–Crippen LogP) is 3.30. The smallest absolute Gasteiger partial charge is 0.118 e. The number of hydrogen-bond donors (Lipinski definition) is 1. The summed E-state index contributed by atoms with van der Waals surface area (Å²) < 4.78 is 11.2. The Balaban J connectivity index is 0.00000156. The highest BCUT2D eigenvalue weighted by Gasteiger charge is 2.25. The predicted molar refractivity (Wildman–Crippen MR) is 107 cm³/mol. The lowest BCUT2D eigenvalue weighted by atomic mass is 9.86. The molecule has 0 bridgehead atoms. The minimum Gasteiger partial charge on any atom is -0.497 e. The second-order valence-corrected chi connectivity index (χ2v) is 7.09. The standard InChI is InChI=1S/C19H30N2O2.2ClH/c1-22-18-8-4-15(5-9-18)12-19-14-21(10-11-23-19)13-16-2-6-17(20)7-3-16;;/h4-5,8-9,16-17,19H,2-3,6-7,10-14,20H2,1H3;2*1H. The Morgan fingerprint density at radius 2 is 1.80 bits per heavy atom. The molecule has 1 unspecified atom stereocenters. The summed E-state index contributed by atoms with van der Waals surface area (Å²) in [7, 11) is 1.70. The van der Waals surface area contributed by atoms with E-state index in [-0.39, 0.29) is 24.8 Å². The van der Waals surface area contributed by atoms with E-state index in [4.69, 9.17) is 15.2 Å². The Kier molecular flexibility index (Phi) is 10.1. The first kappa shape index (κ1) is 22.5. The number of benzene rings is 1. The summed E-state index contributed by atoms with van der Waals surface area (Å²) in [6.07, 6.45) is 6.27. The number of nitrogens with zero attached hydrogens (tertiary/aromatic N) is 1. The first-order valence-electron chi connectivity index (χ1n) is 8.95. The highest BCUT2D eigenvalue weighted by molar-refractivity contribution is 5.85. The van der Waals surface area contributed by atoms with Gasteiger partial charge in [0, 0.05) is 25.7 Å². The molecule has 1 saturated heterocycles. The first-order valence-corrected chi connectivity index (χ1v) is 8.95. The molecule has 1 aromatic rings. The van der Waals surface area contributed by atoms with Gasteiger partial charge >= 0.3 is 0 Å². The van der Waals surface area contributed by atoms with E-state index >= 15 is 0 Å². The van der Waals surface area contributed by atoms with Crippen LogP contribution in [0.25, 0.3) is 0 Å². The van der Waals surface area contributed by atoms with Gasteiger partial charge in [0.1, 0.15) is 5.75 Å². The van der Waals surface area contributed by atoms with E-state index in [1.165, 1.54) is 37.8 Å². The molecule has 2 aliphatic rings. The second-order valence-electron chi connectivity index (χ2n) is 7.09. The lowest BCUT2D eigenvalue weighted by molar-refractivity contribution is -0.0337. The third-order valence-electron chi connectivity index (χ3n) is 5.25. The Labute approximate surface area is 164 Å². The van der Waals surface area contributed by atoms with E-state index in [2.05, 4.69) is 17.0 Å². The zero-order valence-electron chi connectivity index (χ0n) is 15.1. The van der Waals surface area contributed by atoms with E-state index in [9.17, 15) is 0 Å². The van der Waals surface area contributed by atoms with Crippen molar-refractivity contribution in [2.45, 2.75) is 44.2 Å². The number of rotatable bonds is 5. The molecule has 1 atom stereocenters. The molecule has 144 valence electrons. The second kappa shape index (κ2) is 11.2. The van der Waals surface area contributed by atoms with Gasteiger partial charge in [0.25, 0.3) is 0 Å². The van der Waals surface area contributed by atoms with Crippen LogP contribution in [-0.4, -0.2) is 50.4 Å². The van der Waals surface area contributed by atoms with E-state index in [1.807, 2.05) is 12.1 Å². The molecule has 2 N–H and O–H groups in total. The van der Waals surface area contributed by atoms with Crippen molar-refractivity contribution in [3.05, 3.63) is 29.8 Å². The maximum atomic E-state index is 6.02. The van der Waals surface area contributed by atoms with Gasteiger partial charge in [0.05, 0.1) is 19.8 Å².